The van der Waals surface area contributed by atoms with Crippen LogP contribution in [-0.4, -0.2) is 15.1 Å². The molecule has 0 fully saturated rings. The normalized spacial score (nSPS) is 15.2. The lowest BCUT2D eigenvalue weighted by molar-refractivity contribution is 0.317. The number of rotatable bonds is 4. The number of hydrogen-bond donors (Lipinski definition) is 2. The van der Waals surface area contributed by atoms with Crippen molar-refractivity contribution >= 4 is 17.1 Å². The van der Waals surface area contributed by atoms with Gasteiger partial charge in [-0.05, 0) is 35.8 Å². The summed E-state index contributed by atoms with van der Waals surface area (Å²) < 4.78 is 0. The maximum atomic E-state index is 10.4. The third kappa shape index (κ3) is 3.36. The van der Waals surface area contributed by atoms with E-state index < -0.39 is 0 Å². The van der Waals surface area contributed by atoms with E-state index in [1.807, 2.05) is 12.1 Å². The second-order valence-electron chi connectivity index (χ2n) is 8.13. The summed E-state index contributed by atoms with van der Waals surface area (Å²) in [6.07, 6.45) is 6.56. The SMILES string of the molecule is C=C(O)c1c(-c2ccc(-c3nccnc3CN)cc2)sc2c1CC(C)(C)CC2. The molecular formula is C23H25N3OS. The van der Waals surface area contributed by atoms with Crippen LogP contribution in [-0.2, 0) is 19.4 Å². The Morgan fingerprint density at radius 2 is 1.86 bits per heavy atom. The van der Waals surface area contributed by atoms with Crippen LogP contribution in [0.25, 0.3) is 27.5 Å². The molecule has 0 unspecified atom stereocenters. The van der Waals surface area contributed by atoms with Crippen molar-refractivity contribution in [2.75, 3.05) is 0 Å². The largest absolute Gasteiger partial charge is 0.508 e. The molecule has 28 heavy (non-hydrogen) atoms. The first-order valence-electron chi connectivity index (χ1n) is 9.53. The Balaban J connectivity index is 1.76. The fraction of sp³-hybridized carbons (Fsp3) is 0.304. The Morgan fingerprint density at radius 1 is 1.18 bits per heavy atom. The molecule has 0 atom stereocenters. The van der Waals surface area contributed by atoms with E-state index in [1.54, 1.807) is 23.7 Å². The molecule has 0 spiro atoms. The molecule has 0 saturated carbocycles. The molecule has 0 amide bonds. The highest BCUT2D eigenvalue weighted by Gasteiger charge is 2.31. The maximum Gasteiger partial charge on any atom is 0.117 e. The van der Waals surface area contributed by atoms with Gasteiger partial charge in [0.1, 0.15) is 5.76 Å². The van der Waals surface area contributed by atoms with E-state index in [4.69, 9.17) is 5.73 Å². The quantitative estimate of drug-likeness (QED) is 0.586. The lowest BCUT2D eigenvalue weighted by Gasteiger charge is -2.30. The smallest absolute Gasteiger partial charge is 0.117 e. The van der Waals surface area contributed by atoms with Crippen molar-refractivity contribution in [3.8, 4) is 21.7 Å². The van der Waals surface area contributed by atoms with E-state index in [0.29, 0.717) is 6.54 Å². The lowest BCUT2D eigenvalue weighted by atomic mass is 9.75. The molecular weight excluding hydrogens is 366 g/mol. The zero-order valence-electron chi connectivity index (χ0n) is 16.3. The summed E-state index contributed by atoms with van der Waals surface area (Å²) in [5, 5.41) is 10.4. The molecule has 0 radical (unpaired) electrons. The molecule has 2 aromatic heterocycles. The number of benzene rings is 1. The van der Waals surface area contributed by atoms with Crippen molar-refractivity contribution < 1.29 is 5.11 Å². The first-order chi connectivity index (χ1) is 13.4. The van der Waals surface area contributed by atoms with E-state index in [-0.39, 0.29) is 11.2 Å². The van der Waals surface area contributed by atoms with Crippen molar-refractivity contribution in [2.24, 2.45) is 11.1 Å². The monoisotopic (exact) mass is 391 g/mol. The number of aryl methyl sites for hydroxylation is 1. The van der Waals surface area contributed by atoms with Crippen molar-refractivity contribution in [3.63, 3.8) is 0 Å². The van der Waals surface area contributed by atoms with Gasteiger partial charge in [0.2, 0.25) is 0 Å². The van der Waals surface area contributed by atoms with Crippen LogP contribution in [0.2, 0.25) is 0 Å². The number of nitrogens with zero attached hydrogens (tertiary/aromatic N) is 2. The van der Waals surface area contributed by atoms with E-state index in [1.165, 1.54) is 16.9 Å². The highest BCUT2D eigenvalue weighted by atomic mass is 32.1. The van der Waals surface area contributed by atoms with Crippen LogP contribution < -0.4 is 5.73 Å². The fourth-order valence-electron chi connectivity index (χ4n) is 3.97. The van der Waals surface area contributed by atoms with Gasteiger partial charge in [0.25, 0.3) is 0 Å². The van der Waals surface area contributed by atoms with Gasteiger partial charge in [-0.3, -0.25) is 9.97 Å². The molecule has 4 rings (SSSR count). The molecule has 4 nitrogen and oxygen atoms in total. The number of thiophene rings is 1. The molecule has 1 aliphatic carbocycles. The van der Waals surface area contributed by atoms with E-state index in [2.05, 4.69) is 42.5 Å². The van der Waals surface area contributed by atoms with Gasteiger partial charge in [0.05, 0.1) is 11.4 Å². The van der Waals surface area contributed by atoms with Crippen molar-refractivity contribution in [3.05, 3.63) is 64.9 Å². The van der Waals surface area contributed by atoms with Crippen molar-refractivity contribution in [1.29, 1.82) is 0 Å². The average Bonchev–Trinajstić information content (AvgIpc) is 3.05. The first kappa shape index (κ1) is 18.8. The zero-order chi connectivity index (χ0) is 19.9. The predicted molar refractivity (Wildman–Crippen MR) is 116 cm³/mol. The maximum absolute atomic E-state index is 10.4. The molecule has 5 heteroatoms. The van der Waals surface area contributed by atoms with E-state index in [9.17, 15) is 5.11 Å². The number of aliphatic hydroxyl groups is 1. The van der Waals surface area contributed by atoms with Crippen LogP contribution in [0.15, 0.2) is 43.2 Å². The summed E-state index contributed by atoms with van der Waals surface area (Å²) in [7, 11) is 0. The number of aliphatic hydroxyl groups excluding tert-OH is 1. The van der Waals surface area contributed by atoms with Gasteiger partial charge >= 0.3 is 0 Å². The third-order valence-corrected chi connectivity index (χ3v) is 6.79. The van der Waals surface area contributed by atoms with Gasteiger partial charge in [0.15, 0.2) is 0 Å². The summed E-state index contributed by atoms with van der Waals surface area (Å²) in [4.78, 5) is 11.2. The molecule has 1 aromatic carbocycles. The van der Waals surface area contributed by atoms with Crippen LogP contribution in [0.4, 0.5) is 0 Å². The van der Waals surface area contributed by atoms with Gasteiger partial charge in [-0.1, -0.05) is 44.7 Å². The molecule has 1 aliphatic rings. The minimum absolute atomic E-state index is 0.161. The Labute approximate surface area is 169 Å². The molecule has 3 aromatic rings. The van der Waals surface area contributed by atoms with Crippen LogP contribution >= 0.6 is 11.3 Å². The second kappa shape index (κ2) is 7.15. The van der Waals surface area contributed by atoms with Gasteiger partial charge in [-0.15, -0.1) is 11.3 Å². The van der Waals surface area contributed by atoms with Crippen molar-refractivity contribution in [2.45, 2.75) is 39.7 Å². The topological polar surface area (TPSA) is 72.0 Å². The van der Waals surface area contributed by atoms with Crippen LogP contribution in [0.3, 0.4) is 0 Å². The van der Waals surface area contributed by atoms with Gasteiger partial charge in [0, 0.05) is 39.8 Å². The van der Waals surface area contributed by atoms with Gasteiger partial charge in [-0.2, -0.15) is 0 Å². The second-order valence-corrected chi connectivity index (χ2v) is 9.23. The highest BCUT2D eigenvalue weighted by molar-refractivity contribution is 7.16. The van der Waals surface area contributed by atoms with Gasteiger partial charge in [-0.25, -0.2) is 0 Å². The molecule has 2 heterocycles. The van der Waals surface area contributed by atoms with Crippen LogP contribution in [0.5, 0.6) is 0 Å². The number of nitrogens with two attached hydrogens (primary N) is 1. The molecule has 144 valence electrons. The number of hydrogen-bond acceptors (Lipinski definition) is 5. The predicted octanol–water partition coefficient (Wildman–Crippen LogP) is 5.37. The summed E-state index contributed by atoms with van der Waals surface area (Å²) in [6.45, 7) is 8.80. The number of fused-ring (bicyclic) bond motifs is 1. The Bertz CT molecular complexity index is 1030. The van der Waals surface area contributed by atoms with Crippen LogP contribution in [0.1, 0.15) is 42.0 Å². The van der Waals surface area contributed by atoms with E-state index >= 15 is 0 Å². The molecule has 0 aliphatic heterocycles. The average molecular weight is 392 g/mol. The minimum Gasteiger partial charge on any atom is -0.508 e. The molecule has 0 saturated heterocycles. The Morgan fingerprint density at radius 3 is 2.54 bits per heavy atom. The van der Waals surface area contributed by atoms with Crippen LogP contribution in [0, 0.1) is 5.41 Å². The van der Waals surface area contributed by atoms with Gasteiger partial charge < -0.3 is 10.8 Å². The molecule has 3 N–H and O–H groups in total. The lowest BCUT2D eigenvalue weighted by Crippen LogP contribution is -2.21. The zero-order valence-corrected chi connectivity index (χ0v) is 17.1. The Kier molecular flexibility index (Phi) is 4.81. The molecule has 0 bridgehead atoms. The number of aromatic nitrogens is 2. The summed E-state index contributed by atoms with van der Waals surface area (Å²) in [5.41, 5.74) is 11.9. The fourth-order valence-corrected chi connectivity index (χ4v) is 5.31. The minimum atomic E-state index is 0.161. The van der Waals surface area contributed by atoms with Crippen molar-refractivity contribution in [1.82, 2.24) is 9.97 Å². The first-order valence-corrected chi connectivity index (χ1v) is 10.3. The highest BCUT2D eigenvalue weighted by Crippen LogP contribution is 2.46. The summed E-state index contributed by atoms with van der Waals surface area (Å²) >= 11 is 1.78. The Hall–Kier alpha value is -2.50. The summed E-state index contributed by atoms with van der Waals surface area (Å²) in [5.74, 6) is 0.161. The summed E-state index contributed by atoms with van der Waals surface area (Å²) in [6, 6.07) is 8.26. The van der Waals surface area contributed by atoms with E-state index in [0.717, 1.165) is 45.8 Å². The standard InChI is InChI=1S/C23H25N3OS/c1-14(27)20-17-12-23(2,3)9-8-19(17)28-22(20)16-6-4-15(5-7-16)21-18(13-24)25-10-11-26-21/h4-7,10-11,27H,1,8-9,12-13,24H2,2-3H3. The third-order valence-electron chi connectivity index (χ3n) is 5.45.